The van der Waals surface area contributed by atoms with Crippen LogP contribution in [0, 0.1) is 0 Å². The summed E-state index contributed by atoms with van der Waals surface area (Å²) >= 11 is 0. The number of rotatable bonds is 4. The predicted octanol–water partition coefficient (Wildman–Crippen LogP) is 2.52. The van der Waals surface area contributed by atoms with E-state index in [0.29, 0.717) is 6.67 Å². The van der Waals surface area contributed by atoms with Crippen molar-refractivity contribution in [1.82, 2.24) is 19.7 Å². The lowest BCUT2D eigenvalue weighted by Crippen LogP contribution is -2.32. The van der Waals surface area contributed by atoms with E-state index in [2.05, 4.69) is 24.3 Å². The maximum Gasteiger partial charge on any atom is 0.352 e. The van der Waals surface area contributed by atoms with E-state index in [0.717, 1.165) is 42.0 Å². The third-order valence-electron chi connectivity index (χ3n) is 3.87. The molecule has 0 amide bonds. The monoisotopic (exact) mass is 284 g/mol. The van der Waals surface area contributed by atoms with Crippen molar-refractivity contribution in [2.24, 2.45) is 0 Å². The summed E-state index contributed by atoms with van der Waals surface area (Å²) < 4.78 is 3.20. The number of fused-ring (bicyclic) bond motifs is 1. The summed E-state index contributed by atoms with van der Waals surface area (Å²) in [4.78, 5) is 12.5. The van der Waals surface area contributed by atoms with Crippen molar-refractivity contribution in [3.63, 3.8) is 0 Å². The lowest BCUT2D eigenvalue weighted by Gasteiger charge is -2.19. The first kappa shape index (κ1) is 13.7. The molecule has 3 rings (SSSR count). The minimum absolute atomic E-state index is 0.0924. The maximum atomic E-state index is 12.5. The minimum Gasteiger partial charge on any atom is -0.370 e. The zero-order valence-electron chi connectivity index (χ0n) is 12.5. The molecule has 0 aliphatic carbocycles. The number of benzene rings is 1. The molecule has 1 N–H and O–H groups in total. The molecule has 0 atom stereocenters. The molecule has 2 aromatic rings. The Morgan fingerprint density at radius 1 is 1.29 bits per heavy atom. The highest BCUT2D eigenvalue weighted by atomic mass is 16.2. The highest BCUT2D eigenvalue weighted by Gasteiger charge is 2.22. The van der Waals surface area contributed by atoms with Gasteiger partial charge in [-0.2, -0.15) is 4.68 Å². The van der Waals surface area contributed by atoms with E-state index in [1.807, 2.05) is 30.3 Å². The number of unbranched alkanes of at least 4 members (excludes halogenated alkanes) is 1. The smallest absolute Gasteiger partial charge is 0.352 e. The molecule has 1 aliphatic heterocycles. The Morgan fingerprint density at radius 3 is 2.76 bits per heavy atom. The van der Waals surface area contributed by atoms with Gasteiger partial charge in [0.15, 0.2) is 5.82 Å². The second kappa shape index (κ2) is 5.60. The third-order valence-corrected chi connectivity index (χ3v) is 3.87. The summed E-state index contributed by atoms with van der Waals surface area (Å²) in [6.07, 6.45) is 3.17. The topological polar surface area (TPSA) is 51.9 Å². The predicted molar refractivity (Wildman–Crippen MR) is 83.1 cm³/mol. The first-order valence-corrected chi connectivity index (χ1v) is 7.41. The van der Waals surface area contributed by atoms with Crippen LogP contribution in [-0.2, 0) is 6.67 Å². The maximum absolute atomic E-state index is 12.5. The number of hydrogen-bond acceptors (Lipinski definition) is 3. The van der Waals surface area contributed by atoms with Crippen molar-refractivity contribution in [1.29, 1.82) is 0 Å². The van der Waals surface area contributed by atoms with E-state index in [4.69, 9.17) is 0 Å². The molecule has 2 heterocycles. The van der Waals surface area contributed by atoms with Crippen LogP contribution in [0.1, 0.15) is 38.9 Å². The van der Waals surface area contributed by atoms with Gasteiger partial charge in [-0.05, 0) is 31.9 Å². The van der Waals surface area contributed by atoms with Crippen LogP contribution in [0.25, 0.3) is 11.3 Å². The Bertz CT molecular complexity index is 724. The molecule has 0 saturated carbocycles. The van der Waals surface area contributed by atoms with Crippen molar-refractivity contribution in [3.05, 3.63) is 52.3 Å². The molecular weight excluding hydrogens is 264 g/mol. The fourth-order valence-electron chi connectivity index (χ4n) is 2.62. The van der Waals surface area contributed by atoms with Gasteiger partial charge in [0.1, 0.15) is 0 Å². The van der Waals surface area contributed by atoms with Crippen LogP contribution in [0.15, 0.2) is 40.8 Å². The van der Waals surface area contributed by atoms with Crippen LogP contribution >= 0.6 is 0 Å². The molecule has 1 aromatic carbocycles. The van der Waals surface area contributed by atoms with E-state index < -0.39 is 0 Å². The van der Waals surface area contributed by atoms with E-state index in [1.54, 1.807) is 4.57 Å². The average Bonchev–Trinajstić information content (AvgIpc) is 2.84. The largest absolute Gasteiger partial charge is 0.370 e. The van der Waals surface area contributed by atoms with Gasteiger partial charge >= 0.3 is 5.69 Å². The molecule has 0 spiro atoms. The molecule has 0 unspecified atom stereocenters. The fourth-order valence-corrected chi connectivity index (χ4v) is 2.62. The highest BCUT2D eigenvalue weighted by Crippen LogP contribution is 2.24. The Morgan fingerprint density at radius 2 is 2.05 bits per heavy atom. The van der Waals surface area contributed by atoms with E-state index in [1.165, 1.54) is 4.68 Å². The standard InChI is InChI=1S/C16H20N4O/c1-3-4-10-14-12(2)17-11-19-15(14)18-20(16(19)21)13-8-6-5-7-9-13/h5-9,17H,3-4,10-11H2,1-2H3. The van der Waals surface area contributed by atoms with Gasteiger partial charge in [0.05, 0.1) is 12.4 Å². The van der Waals surface area contributed by atoms with Crippen LogP contribution < -0.4 is 11.0 Å². The molecule has 1 aromatic heterocycles. The highest BCUT2D eigenvalue weighted by molar-refractivity contribution is 5.64. The minimum atomic E-state index is -0.0924. The van der Waals surface area contributed by atoms with Gasteiger partial charge in [0, 0.05) is 11.3 Å². The molecule has 21 heavy (non-hydrogen) atoms. The second-order valence-corrected chi connectivity index (χ2v) is 5.32. The van der Waals surface area contributed by atoms with Crippen LogP contribution in [0.2, 0.25) is 0 Å². The van der Waals surface area contributed by atoms with Gasteiger partial charge in [-0.15, -0.1) is 5.10 Å². The third kappa shape index (κ3) is 2.39. The molecule has 0 radical (unpaired) electrons. The summed E-state index contributed by atoms with van der Waals surface area (Å²) in [6, 6.07) is 9.56. The first-order chi connectivity index (χ1) is 10.2. The number of nitrogens with zero attached hydrogens (tertiary/aromatic N) is 3. The van der Waals surface area contributed by atoms with Crippen LogP contribution in [0.5, 0.6) is 0 Å². The van der Waals surface area contributed by atoms with Crippen molar-refractivity contribution >= 4 is 5.57 Å². The summed E-state index contributed by atoms with van der Waals surface area (Å²) in [6.45, 7) is 4.71. The lowest BCUT2D eigenvalue weighted by molar-refractivity contribution is 0.569. The Kier molecular flexibility index (Phi) is 3.64. The Balaban J connectivity index is 2.09. The number of hydrogen-bond donors (Lipinski definition) is 1. The Hall–Kier alpha value is -2.30. The van der Waals surface area contributed by atoms with Crippen molar-refractivity contribution in [3.8, 4) is 5.69 Å². The number of aromatic nitrogens is 3. The van der Waals surface area contributed by atoms with E-state index >= 15 is 0 Å². The van der Waals surface area contributed by atoms with Gasteiger partial charge in [-0.25, -0.2) is 4.79 Å². The average molecular weight is 284 g/mol. The Labute approximate surface area is 123 Å². The number of para-hydroxylation sites is 1. The number of allylic oxidation sites excluding steroid dienone is 2. The molecule has 110 valence electrons. The van der Waals surface area contributed by atoms with Crippen molar-refractivity contribution in [2.45, 2.75) is 39.8 Å². The molecule has 0 saturated heterocycles. The molecule has 0 bridgehead atoms. The lowest BCUT2D eigenvalue weighted by atomic mass is 10.1. The first-order valence-electron chi connectivity index (χ1n) is 7.41. The fraction of sp³-hybridized carbons (Fsp3) is 0.375. The summed E-state index contributed by atoms with van der Waals surface area (Å²) in [5, 5.41) is 7.87. The van der Waals surface area contributed by atoms with Gasteiger partial charge in [0.25, 0.3) is 0 Å². The normalized spacial score (nSPS) is 14.0. The molecular formula is C16H20N4O. The summed E-state index contributed by atoms with van der Waals surface area (Å²) in [7, 11) is 0. The molecule has 1 aliphatic rings. The van der Waals surface area contributed by atoms with E-state index in [-0.39, 0.29) is 5.69 Å². The summed E-state index contributed by atoms with van der Waals surface area (Å²) in [5.41, 5.74) is 2.98. The molecule has 5 heteroatoms. The van der Waals surface area contributed by atoms with Crippen LogP contribution in [0.4, 0.5) is 0 Å². The number of nitrogens with one attached hydrogen (secondary N) is 1. The molecule has 0 fully saturated rings. The van der Waals surface area contributed by atoms with Crippen molar-refractivity contribution in [2.75, 3.05) is 0 Å². The van der Waals surface area contributed by atoms with Gasteiger partial charge in [-0.1, -0.05) is 31.5 Å². The zero-order valence-corrected chi connectivity index (χ0v) is 12.5. The van der Waals surface area contributed by atoms with Crippen LogP contribution in [0.3, 0.4) is 0 Å². The zero-order chi connectivity index (χ0) is 14.8. The SMILES string of the molecule is CCCCC1=C(C)NCn2c1nn(-c1ccccc1)c2=O. The van der Waals surface area contributed by atoms with Gasteiger partial charge in [0.2, 0.25) is 0 Å². The summed E-state index contributed by atoms with van der Waals surface area (Å²) in [5.74, 6) is 0.800. The second-order valence-electron chi connectivity index (χ2n) is 5.32. The molecule has 5 nitrogen and oxygen atoms in total. The van der Waals surface area contributed by atoms with Gasteiger partial charge in [-0.3, -0.25) is 4.57 Å². The van der Waals surface area contributed by atoms with Crippen LogP contribution in [-0.4, -0.2) is 14.3 Å². The van der Waals surface area contributed by atoms with E-state index in [9.17, 15) is 4.79 Å². The van der Waals surface area contributed by atoms with Crippen molar-refractivity contribution < 1.29 is 0 Å². The quantitative estimate of drug-likeness (QED) is 0.938. The van der Waals surface area contributed by atoms with Gasteiger partial charge < -0.3 is 5.32 Å².